The molecule has 0 saturated heterocycles. The van der Waals surface area contributed by atoms with Crippen molar-refractivity contribution in [3.05, 3.63) is 46.8 Å². The van der Waals surface area contributed by atoms with Crippen LogP contribution in [0.2, 0.25) is 0 Å². The molecule has 2 aromatic rings. The Morgan fingerprint density at radius 3 is 2.42 bits per heavy atom. The molecule has 2 heterocycles. The third kappa shape index (κ3) is 6.44. The fourth-order valence-corrected chi connectivity index (χ4v) is 2.84. The van der Waals surface area contributed by atoms with Gasteiger partial charge in [0.05, 0.1) is 6.04 Å². The van der Waals surface area contributed by atoms with E-state index in [0.717, 1.165) is 5.56 Å². The predicted octanol–water partition coefficient (Wildman–Crippen LogP) is 4.17. The topological polar surface area (TPSA) is 84.4 Å². The highest BCUT2D eigenvalue weighted by molar-refractivity contribution is 5.97. The Labute approximate surface area is 180 Å². The number of carbonyl (C=O) groups is 2. The second kappa shape index (κ2) is 10.3. The summed E-state index contributed by atoms with van der Waals surface area (Å²) in [5.74, 6) is -0.197. The number of carbonyl (C=O) groups excluding carboxylic acids is 2. The molecule has 0 fully saturated rings. The minimum absolute atomic E-state index is 0.139. The number of halogens is 2. The molecule has 0 radical (unpaired) electrons. The monoisotopic (exact) mass is 434 g/mol. The first-order valence-electron chi connectivity index (χ1n) is 9.93. The van der Waals surface area contributed by atoms with Gasteiger partial charge in [0.1, 0.15) is 5.82 Å². The Hall–Kier alpha value is -3.10. The van der Waals surface area contributed by atoms with Gasteiger partial charge in [0.15, 0.2) is 6.61 Å². The SMILES string of the molecule is Cc1cc(C(=O)N(C)C(C)c2cnc(OCC(F)F)c(C)c2)cc(NC(=O)C(C)C)n1. The molecule has 0 bridgehead atoms. The van der Waals surface area contributed by atoms with Crippen LogP contribution in [0.3, 0.4) is 0 Å². The van der Waals surface area contributed by atoms with Crippen molar-refractivity contribution in [1.82, 2.24) is 14.9 Å². The first-order valence-corrected chi connectivity index (χ1v) is 9.93. The van der Waals surface area contributed by atoms with Gasteiger partial charge in [-0.2, -0.15) is 0 Å². The van der Waals surface area contributed by atoms with E-state index in [4.69, 9.17) is 4.74 Å². The summed E-state index contributed by atoms with van der Waals surface area (Å²) in [7, 11) is 1.66. The number of alkyl halides is 2. The third-order valence-corrected chi connectivity index (χ3v) is 4.76. The minimum Gasteiger partial charge on any atom is -0.471 e. The van der Waals surface area contributed by atoms with Crippen LogP contribution < -0.4 is 10.1 Å². The van der Waals surface area contributed by atoms with Crippen molar-refractivity contribution in [2.24, 2.45) is 5.92 Å². The molecule has 2 amide bonds. The van der Waals surface area contributed by atoms with E-state index < -0.39 is 13.0 Å². The summed E-state index contributed by atoms with van der Waals surface area (Å²) < 4.78 is 29.7. The summed E-state index contributed by atoms with van der Waals surface area (Å²) in [4.78, 5) is 35.0. The van der Waals surface area contributed by atoms with E-state index >= 15 is 0 Å². The van der Waals surface area contributed by atoms with Gasteiger partial charge in [-0.15, -0.1) is 0 Å². The smallest absolute Gasteiger partial charge is 0.272 e. The lowest BCUT2D eigenvalue weighted by Gasteiger charge is -2.26. The van der Waals surface area contributed by atoms with Gasteiger partial charge in [-0.25, -0.2) is 18.7 Å². The largest absolute Gasteiger partial charge is 0.471 e. The number of hydrogen-bond acceptors (Lipinski definition) is 5. The zero-order valence-corrected chi connectivity index (χ0v) is 18.6. The number of amides is 2. The molecule has 0 aliphatic heterocycles. The number of aromatic nitrogens is 2. The quantitative estimate of drug-likeness (QED) is 0.674. The van der Waals surface area contributed by atoms with Crippen LogP contribution in [-0.2, 0) is 4.79 Å². The van der Waals surface area contributed by atoms with E-state index in [1.54, 1.807) is 57.8 Å². The van der Waals surface area contributed by atoms with E-state index in [-0.39, 0.29) is 29.7 Å². The maximum atomic E-state index is 13.1. The molecule has 7 nitrogen and oxygen atoms in total. The van der Waals surface area contributed by atoms with E-state index in [1.807, 2.05) is 6.92 Å². The summed E-state index contributed by atoms with van der Waals surface area (Å²) >= 11 is 0. The van der Waals surface area contributed by atoms with Crippen molar-refractivity contribution >= 4 is 17.6 Å². The second-order valence-electron chi connectivity index (χ2n) is 7.71. The van der Waals surface area contributed by atoms with Crippen molar-refractivity contribution in [3.63, 3.8) is 0 Å². The van der Waals surface area contributed by atoms with E-state index in [2.05, 4.69) is 15.3 Å². The Kier molecular flexibility index (Phi) is 8.01. The van der Waals surface area contributed by atoms with E-state index in [0.29, 0.717) is 22.6 Å². The van der Waals surface area contributed by atoms with Crippen molar-refractivity contribution in [3.8, 4) is 5.88 Å². The van der Waals surface area contributed by atoms with Crippen molar-refractivity contribution < 1.29 is 23.1 Å². The van der Waals surface area contributed by atoms with Crippen LogP contribution in [0, 0.1) is 19.8 Å². The molecule has 1 N–H and O–H groups in total. The Balaban J connectivity index is 2.20. The summed E-state index contributed by atoms with van der Waals surface area (Å²) in [5.41, 5.74) is 2.33. The molecule has 0 saturated carbocycles. The molecule has 0 aliphatic rings. The molecule has 1 atom stereocenters. The second-order valence-corrected chi connectivity index (χ2v) is 7.71. The first kappa shape index (κ1) is 24.2. The number of nitrogens with zero attached hydrogens (tertiary/aromatic N) is 3. The van der Waals surface area contributed by atoms with Gasteiger partial charge in [0, 0.05) is 36.0 Å². The molecule has 9 heteroatoms. The Morgan fingerprint density at radius 2 is 1.84 bits per heavy atom. The lowest BCUT2D eigenvalue weighted by molar-refractivity contribution is -0.118. The van der Waals surface area contributed by atoms with Gasteiger partial charge < -0.3 is 15.0 Å². The van der Waals surface area contributed by atoms with Crippen LogP contribution in [-0.4, -0.2) is 46.8 Å². The maximum Gasteiger partial charge on any atom is 0.272 e. The normalized spacial score (nSPS) is 12.1. The molecule has 168 valence electrons. The molecule has 31 heavy (non-hydrogen) atoms. The molecule has 0 aromatic carbocycles. The summed E-state index contributed by atoms with van der Waals surface area (Å²) in [6, 6.07) is 4.62. The van der Waals surface area contributed by atoms with Gasteiger partial charge in [-0.1, -0.05) is 13.8 Å². The predicted molar refractivity (Wildman–Crippen MR) is 113 cm³/mol. The van der Waals surface area contributed by atoms with Crippen LogP contribution in [0.15, 0.2) is 24.4 Å². The van der Waals surface area contributed by atoms with Gasteiger partial charge in [-0.3, -0.25) is 9.59 Å². The number of aryl methyl sites for hydroxylation is 2. The van der Waals surface area contributed by atoms with Crippen molar-refractivity contribution in [1.29, 1.82) is 0 Å². The van der Waals surface area contributed by atoms with Crippen LogP contribution in [0.1, 0.15) is 54.0 Å². The summed E-state index contributed by atoms with van der Waals surface area (Å²) in [6.45, 7) is 8.11. The molecule has 0 aliphatic carbocycles. The lowest BCUT2D eigenvalue weighted by atomic mass is 10.1. The summed E-state index contributed by atoms with van der Waals surface area (Å²) in [5, 5.41) is 2.71. The molecular formula is C22H28F2N4O3. The number of hydrogen-bond donors (Lipinski definition) is 1. The van der Waals surface area contributed by atoms with E-state index in [1.165, 1.54) is 6.20 Å². The molecular weight excluding hydrogens is 406 g/mol. The molecule has 2 aromatic heterocycles. The Morgan fingerprint density at radius 1 is 1.16 bits per heavy atom. The standard InChI is InChI=1S/C22H28F2N4O3/c1-12(2)20(29)27-19-9-16(8-14(4)26-19)22(30)28(6)15(5)17-7-13(3)21(25-10-17)31-11-18(23)24/h7-10,12,15,18H,11H2,1-6H3,(H,26,27,29). The van der Waals surface area contributed by atoms with Crippen molar-refractivity contribution in [2.45, 2.75) is 47.1 Å². The maximum absolute atomic E-state index is 13.1. The molecule has 2 rings (SSSR count). The minimum atomic E-state index is -2.58. The number of nitrogens with one attached hydrogen (secondary N) is 1. The van der Waals surface area contributed by atoms with Gasteiger partial charge in [-0.05, 0) is 44.5 Å². The van der Waals surface area contributed by atoms with Crippen LogP contribution in [0.5, 0.6) is 5.88 Å². The van der Waals surface area contributed by atoms with Crippen molar-refractivity contribution in [2.75, 3.05) is 19.0 Å². The number of anilines is 1. The molecule has 0 spiro atoms. The average Bonchev–Trinajstić information content (AvgIpc) is 2.70. The van der Waals surface area contributed by atoms with Gasteiger partial charge in [0.2, 0.25) is 11.8 Å². The van der Waals surface area contributed by atoms with E-state index in [9.17, 15) is 18.4 Å². The van der Waals surface area contributed by atoms with Gasteiger partial charge >= 0.3 is 0 Å². The third-order valence-electron chi connectivity index (χ3n) is 4.76. The van der Waals surface area contributed by atoms with Crippen LogP contribution >= 0.6 is 0 Å². The highest BCUT2D eigenvalue weighted by Crippen LogP contribution is 2.25. The first-order chi connectivity index (χ1) is 14.5. The van der Waals surface area contributed by atoms with Gasteiger partial charge in [0.25, 0.3) is 12.3 Å². The fraction of sp³-hybridized carbons (Fsp3) is 0.455. The lowest BCUT2D eigenvalue weighted by Crippen LogP contribution is -2.30. The zero-order chi connectivity index (χ0) is 23.3. The summed E-state index contributed by atoms with van der Waals surface area (Å²) in [6.07, 6.45) is -1.07. The number of pyridine rings is 2. The van der Waals surface area contributed by atoms with Crippen LogP contribution in [0.25, 0.3) is 0 Å². The average molecular weight is 434 g/mol. The number of ether oxygens (including phenoxy) is 1. The highest BCUT2D eigenvalue weighted by Gasteiger charge is 2.22. The van der Waals surface area contributed by atoms with Crippen LogP contribution in [0.4, 0.5) is 14.6 Å². The Bertz CT molecular complexity index is 950. The molecule has 1 unspecified atom stereocenters. The highest BCUT2D eigenvalue weighted by atomic mass is 19.3. The number of rotatable bonds is 8. The fourth-order valence-electron chi connectivity index (χ4n) is 2.84. The zero-order valence-electron chi connectivity index (χ0n) is 18.6.